The van der Waals surface area contributed by atoms with Gasteiger partial charge in [0.15, 0.2) is 17.3 Å². The van der Waals surface area contributed by atoms with Gasteiger partial charge in [-0.25, -0.2) is 0 Å². The number of carbonyl (C=O) groups excluding carboxylic acids is 1. The molecule has 4 rings (SSSR count). The average Bonchev–Trinajstić information content (AvgIpc) is 3.40. The van der Waals surface area contributed by atoms with Crippen LogP contribution in [-0.2, 0) is 13.2 Å². The van der Waals surface area contributed by atoms with Crippen LogP contribution >= 0.6 is 11.6 Å². The summed E-state index contributed by atoms with van der Waals surface area (Å²) in [5.41, 5.74) is 1.62. The highest BCUT2D eigenvalue weighted by molar-refractivity contribution is 6.31. The Kier molecular flexibility index (Phi) is 6.41. The minimum absolute atomic E-state index is 0.0643. The number of benzene rings is 2. The van der Waals surface area contributed by atoms with Crippen molar-refractivity contribution >= 4 is 29.0 Å². The molecule has 0 aliphatic rings. The van der Waals surface area contributed by atoms with Crippen molar-refractivity contribution in [1.82, 2.24) is 9.78 Å². The Bertz CT molecular complexity index is 1310. The number of para-hydroxylation sites is 2. The van der Waals surface area contributed by atoms with Crippen molar-refractivity contribution in [2.75, 3.05) is 5.32 Å². The first kappa shape index (κ1) is 22.1. The van der Waals surface area contributed by atoms with Crippen LogP contribution in [0.25, 0.3) is 0 Å². The second-order valence-corrected chi connectivity index (χ2v) is 7.56. The smallest absolute Gasteiger partial charge is 0.310 e. The first-order chi connectivity index (χ1) is 15.9. The van der Waals surface area contributed by atoms with E-state index < -0.39 is 10.8 Å². The van der Waals surface area contributed by atoms with Gasteiger partial charge in [-0.3, -0.25) is 19.6 Å². The van der Waals surface area contributed by atoms with Crippen molar-refractivity contribution in [1.29, 1.82) is 0 Å². The normalized spacial score (nSPS) is 10.7. The fraction of sp³-hybridized carbons (Fsp3) is 0.130. The van der Waals surface area contributed by atoms with E-state index in [4.69, 9.17) is 20.8 Å². The minimum atomic E-state index is -0.525. The minimum Gasteiger partial charge on any atom is -0.479 e. The molecule has 0 unspecified atom stereocenters. The highest BCUT2D eigenvalue weighted by Crippen LogP contribution is 2.27. The van der Waals surface area contributed by atoms with Crippen LogP contribution in [0.2, 0.25) is 5.02 Å². The molecule has 0 aliphatic heterocycles. The summed E-state index contributed by atoms with van der Waals surface area (Å²) >= 11 is 6.22. The molecule has 4 aromatic rings. The zero-order valence-corrected chi connectivity index (χ0v) is 18.3. The maximum Gasteiger partial charge on any atom is 0.310 e. The van der Waals surface area contributed by atoms with E-state index in [1.165, 1.54) is 18.2 Å². The van der Waals surface area contributed by atoms with Gasteiger partial charge >= 0.3 is 5.69 Å². The third-order valence-electron chi connectivity index (χ3n) is 4.82. The Morgan fingerprint density at radius 1 is 1.18 bits per heavy atom. The lowest BCUT2D eigenvalue weighted by Gasteiger charge is -2.06. The van der Waals surface area contributed by atoms with Crippen LogP contribution in [0.5, 0.6) is 5.75 Å². The quantitative estimate of drug-likeness (QED) is 0.281. The molecular weight excluding hydrogens is 448 g/mol. The number of nitrogens with zero attached hydrogens (tertiary/aromatic N) is 3. The molecule has 0 saturated heterocycles. The summed E-state index contributed by atoms with van der Waals surface area (Å²) in [6.07, 6.45) is 0. The van der Waals surface area contributed by atoms with E-state index in [-0.39, 0.29) is 23.8 Å². The number of anilines is 1. The molecule has 0 saturated carbocycles. The monoisotopic (exact) mass is 466 g/mol. The van der Waals surface area contributed by atoms with Crippen LogP contribution in [0.4, 0.5) is 11.5 Å². The Labute approximate surface area is 193 Å². The summed E-state index contributed by atoms with van der Waals surface area (Å²) in [6.45, 7) is 2.28. The SMILES string of the molecule is Cc1cc(NC(=O)c2ccc(COc3ccccc3[N+](=O)[O-])o2)nn1Cc1ccccc1Cl. The van der Waals surface area contributed by atoms with Crippen LogP contribution in [0.1, 0.15) is 27.6 Å². The largest absolute Gasteiger partial charge is 0.479 e. The fourth-order valence-corrected chi connectivity index (χ4v) is 3.35. The molecule has 2 heterocycles. The number of nitro groups is 1. The van der Waals surface area contributed by atoms with E-state index in [1.54, 1.807) is 28.9 Å². The number of hydrogen-bond donors (Lipinski definition) is 1. The van der Waals surface area contributed by atoms with Gasteiger partial charge in [0, 0.05) is 22.8 Å². The van der Waals surface area contributed by atoms with Crippen LogP contribution in [-0.4, -0.2) is 20.6 Å². The number of aromatic nitrogens is 2. The molecule has 0 radical (unpaired) electrons. The van der Waals surface area contributed by atoms with E-state index in [1.807, 2.05) is 31.2 Å². The number of rotatable bonds is 8. The molecule has 9 nitrogen and oxygen atoms in total. The first-order valence-corrected chi connectivity index (χ1v) is 10.3. The summed E-state index contributed by atoms with van der Waals surface area (Å²) in [5, 5.41) is 18.8. The number of carbonyl (C=O) groups is 1. The molecular formula is C23H19ClN4O5. The molecule has 2 aromatic carbocycles. The second-order valence-electron chi connectivity index (χ2n) is 7.15. The van der Waals surface area contributed by atoms with Crippen molar-refractivity contribution in [3.05, 3.63) is 105 Å². The van der Waals surface area contributed by atoms with Gasteiger partial charge in [0.2, 0.25) is 0 Å². The predicted octanol–water partition coefficient (Wildman–Crippen LogP) is 5.23. The van der Waals surface area contributed by atoms with Crippen molar-refractivity contribution in [2.45, 2.75) is 20.1 Å². The number of nitro benzene ring substituents is 1. The van der Waals surface area contributed by atoms with Gasteiger partial charge in [0.25, 0.3) is 5.91 Å². The highest BCUT2D eigenvalue weighted by atomic mass is 35.5. The molecule has 168 valence electrons. The molecule has 1 N–H and O–H groups in total. The number of halogens is 1. The lowest BCUT2D eigenvalue weighted by molar-refractivity contribution is -0.386. The zero-order valence-electron chi connectivity index (χ0n) is 17.5. The number of ether oxygens (including phenoxy) is 1. The Morgan fingerprint density at radius 3 is 2.73 bits per heavy atom. The van der Waals surface area contributed by atoms with Crippen molar-refractivity contribution in [3.8, 4) is 5.75 Å². The molecule has 0 fully saturated rings. The maximum atomic E-state index is 12.6. The van der Waals surface area contributed by atoms with Crippen LogP contribution in [0, 0.1) is 17.0 Å². The summed E-state index contributed by atoms with van der Waals surface area (Å²) in [7, 11) is 0. The number of amides is 1. The predicted molar refractivity (Wildman–Crippen MR) is 122 cm³/mol. The third kappa shape index (κ3) is 5.21. The van der Waals surface area contributed by atoms with Crippen molar-refractivity contribution in [3.63, 3.8) is 0 Å². The molecule has 33 heavy (non-hydrogen) atoms. The van der Waals surface area contributed by atoms with Gasteiger partial charge in [-0.05, 0) is 36.8 Å². The van der Waals surface area contributed by atoms with Crippen LogP contribution < -0.4 is 10.1 Å². The molecule has 1 amide bonds. The topological polar surface area (TPSA) is 112 Å². The van der Waals surface area contributed by atoms with E-state index in [0.29, 0.717) is 23.1 Å². The Morgan fingerprint density at radius 2 is 1.94 bits per heavy atom. The van der Waals surface area contributed by atoms with E-state index in [9.17, 15) is 14.9 Å². The lowest BCUT2D eigenvalue weighted by atomic mass is 10.2. The molecule has 0 spiro atoms. The van der Waals surface area contributed by atoms with Crippen LogP contribution in [0.15, 0.2) is 71.1 Å². The number of nitrogens with one attached hydrogen (secondary N) is 1. The molecule has 0 aliphatic carbocycles. The van der Waals surface area contributed by atoms with Gasteiger partial charge in [0.05, 0.1) is 11.5 Å². The lowest BCUT2D eigenvalue weighted by Crippen LogP contribution is -2.12. The maximum absolute atomic E-state index is 12.6. The average molecular weight is 467 g/mol. The standard InChI is InChI=1S/C23H19ClN4O5/c1-15-12-22(26-27(15)13-16-6-2-3-7-18(16)24)25-23(29)21-11-10-17(33-21)14-32-20-9-5-4-8-19(20)28(30)31/h2-12H,13-14H2,1H3,(H,25,26,29). The van der Waals surface area contributed by atoms with E-state index >= 15 is 0 Å². The Hall–Kier alpha value is -4.11. The highest BCUT2D eigenvalue weighted by Gasteiger charge is 2.17. The van der Waals surface area contributed by atoms with Crippen LogP contribution in [0.3, 0.4) is 0 Å². The fourth-order valence-electron chi connectivity index (χ4n) is 3.15. The number of hydrogen-bond acceptors (Lipinski definition) is 6. The van der Waals surface area contributed by atoms with Gasteiger partial charge in [-0.15, -0.1) is 0 Å². The zero-order chi connectivity index (χ0) is 23.4. The second kappa shape index (κ2) is 9.58. The van der Waals surface area contributed by atoms with Crippen molar-refractivity contribution < 1.29 is 18.9 Å². The Balaban J connectivity index is 1.39. The number of aryl methyl sites for hydroxylation is 1. The van der Waals surface area contributed by atoms with Gasteiger partial charge < -0.3 is 14.5 Å². The van der Waals surface area contributed by atoms with Gasteiger partial charge in [-0.1, -0.05) is 41.9 Å². The molecule has 2 aromatic heterocycles. The van der Waals surface area contributed by atoms with E-state index in [2.05, 4.69) is 10.4 Å². The number of furan rings is 1. The molecule has 0 atom stereocenters. The third-order valence-corrected chi connectivity index (χ3v) is 5.19. The molecule has 0 bridgehead atoms. The van der Waals surface area contributed by atoms with Gasteiger partial charge in [-0.2, -0.15) is 5.10 Å². The first-order valence-electron chi connectivity index (χ1n) is 9.95. The summed E-state index contributed by atoms with van der Waals surface area (Å²) in [6, 6.07) is 18.3. The summed E-state index contributed by atoms with van der Waals surface area (Å²) < 4.78 is 12.8. The summed E-state index contributed by atoms with van der Waals surface area (Å²) in [4.78, 5) is 23.1. The van der Waals surface area contributed by atoms with Crippen molar-refractivity contribution in [2.24, 2.45) is 0 Å². The summed E-state index contributed by atoms with van der Waals surface area (Å²) in [5.74, 6) is 0.422. The van der Waals surface area contributed by atoms with Gasteiger partial charge in [0.1, 0.15) is 12.4 Å². The molecule has 10 heteroatoms. The van der Waals surface area contributed by atoms with E-state index in [0.717, 1.165) is 11.3 Å².